The van der Waals surface area contributed by atoms with Gasteiger partial charge >= 0.3 is 0 Å². The number of aromatic nitrogens is 3. The highest BCUT2D eigenvalue weighted by atomic mass is 35.5. The van der Waals surface area contributed by atoms with E-state index in [4.69, 9.17) is 32.9 Å². The fourth-order valence-corrected chi connectivity index (χ4v) is 4.46. The van der Waals surface area contributed by atoms with Gasteiger partial charge in [-0.2, -0.15) is 0 Å². The molecule has 0 saturated carbocycles. The SMILES string of the molecule is Cn1c(N2CCC(C)(N3CCOCC3)CC2)nc2c(Cl)nc(Cl)cc21. The maximum Gasteiger partial charge on any atom is 0.206 e. The van der Waals surface area contributed by atoms with E-state index < -0.39 is 0 Å². The number of hydrogen-bond donors (Lipinski definition) is 0. The van der Waals surface area contributed by atoms with Crippen LogP contribution in [0.3, 0.4) is 0 Å². The molecule has 0 atom stereocenters. The molecule has 0 aromatic carbocycles. The van der Waals surface area contributed by atoms with Gasteiger partial charge in [-0.15, -0.1) is 0 Å². The average molecular weight is 384 g/mol. The van der Waals surface area contributed by atoms with Crippen LogP contribution in [0.4, 0.5) is 5.95 Å². The zero-order valence-corrected chi connectivity index (χ0v) is 16.1. The van der Waals surface area contributed by atoms with E-state index >= 15 is 0 Å². The summed E-state index contributed by atoms with van der Waals surface area (Å²) in [4.78, 5) is 13.8. The summed E-state index contributed by atoms with van der Waals surface area (Å²) in [5, 5.41) is 0.755. The van der Waals surface area contributed by atoms with Gasteiger partial charge in [-0.1, -0.05) is 23.2 Å². The molecule has 4 heterocycles. The van der Waals surface area contributed by atoms with Crippen molar-refractivity contribution in [3.8, 4) is 0 Å². The van der Waals surface area contributed by atoms with Crippen molar-refractivity contribution in [2.24, 2.45) is 7.05 Å². The van der Waals surface area contributed by atoms with Gasteiger partial charge in [0.15, 0.2) is 5.15 Å². The van der Waals surface area contributed by atoms with Gasteiger partial charge in [0.2, 0.25) is 5.95 Å². The molecule has 2 aromatic heterocycles. The van der Waals surface area contributed by atoms with Crippen molar-refractivity contribution in [3.63, 3.8) is 0 Å². The van der Waals surface area contributed by atoms with Crippen molar-refractivity contribution in [1.29, 1.82) is 0 Å². The Labute approximate surface area is 157 Å². The quantitative estimate of drug-likeness (QED) is 0.745. The zero-order valence-electron chi connectivity index (χ0n) is 14.6. The van der Waals surface area contributed by atoms with E-state index in [2.05, 4.69) is 26.3 Å². The molecular weight excluding hydrogens is 361 g/mol. The second-order valence-electron chi connectivity index (χ2n) is 7.16. The van der Waals surface area contributed by atoms with Gasteiger partial charge in [-0.05, 0) is 19.8 Å². The highest BCUT2D eigenvalue weighted by molar-refractivity contribution is 6.36. The standard InChI is InChI=1S/C17H23Cl2N5O/c1-17(24-7-9-25-10-8-24)3-5-23(6-4-17)16-21-14-12(22(16)2)11-13(18)20-15(14)19/h11H,3-10H2,1-2H3. The number of morpholine rings is 1. The van der Waals surface area contributed by atoms with Gasteiger partial charge < -0.3 is 14.2 Å². The normalized spacial score (nSPS) is 21.8. The number of ether oxygens (including phenoxy) is 1. The number of fused-ring (bicyclic) bond motifs is 1. The predicted molar refractivity (Wildman–Crippen MR) is 101 cm³/mol. The first-order chi connectivity index (χ1) is 12.0. The fourth-order valence-electron chi connectivity index (χ4n) is 4.00. The molecule has 2 aliphatic rings. The monoisotopic (exact) mass is 383 g/mol. The molecule has 0 radical (unpaired) electrons. The van der Waals surface area contributed by atoms with Crippen LogP contribution in [0.15, 0.2) is 6.07 Å². The number of hydrogen-bond acceptors (Lipinski definition) is 5. The summed E-state index contributed by atoms with van der Waals surface area (Å²) in [5.74, 6) is 0.935. The van der Waals surface area contributed by atoms with Gasteiger partial charge in [0.25, 0.3) is 0 Å². The van der Waals surface area contributed by atoms with E-state index in [1.807, 2.05) is 13.1 Å². The summed E-state index contributed by atoms with van der Waals surface area (Å²) in [5.41, 5.74) is 1.87. The van der Waals surface area contributed by atoms with Gasteiger partial charge in [-0.25, -0.2) is 9.97 Å². The second kappa shape index (κ2) is 6.58. The lowest BCUT2D eigenvalue weighted by Crippen LogP contribution is -2.57. The molecule has 0 amide bonds. The van der Waals surface area contributed by atoms with E-state index in [0.29, 0.717) is 15.8 Å². The van der Waals surface area contributed by atoms with Crippen LogP contribution in [0.5, 0.6) is 0 Å². The Morgan fingerprint density at radius 2 is 1.76 bits per heavy atom. The summed E-state index contributed by atoms with van der Waals surface area (Å²) in [6.45, 7) is 8.08. The topological polar surface area (TPSA) is 46.4 Å². The smallest absolute Gasteiger partial charge is 0.206 e. The van der Waals surface area contributed by atoms with Crippen molar-refractivity contribution in [1.82, 2.24) is 19.4 Å². The molecular formula is C17H23Cl2N5O. The Balaban J connectivity index is 1.55. The third-order valence-corrected chi connectivity index (χ3v) is 6.13. The van der Waals surface area contributed by atoms with E-state index in [0.717, 1.165) is 63.7 Å². The highest BCUT2D eigenvalue weighted by Crippen LogP contribution is 2.33. The molecule has 0 unspecified atom stereocenters. The maximum atomic E-state index is 6.22. The first kappa shape index (κ1) is 17.3. The van der Waals surface area contributed by atoms with Crippen molar-refractivity contribution >= 4 is 40.2 Å². The van der Waals surface area contributed by atoms with Crippen molar-refractivity contribution in [3.05, 3.63) is 16.4 Å². The van der Waals surface area contributed by atoms with Crippen molar-refractivity contribution in [2.75, 3.05) is 44.3 Å². The number of piperidine rings is 1. The number of aryl methyl sites for hydroxylation is 1. The number of anilines is 1. The summed E-state index contributed by atoms with van der Waals surface area (Å²) in [6.07, 6.45) is 2.23. The molecule has 136 valence electrons. The van der Waals surface area contributed by atoms with E-state index in [9.17, 15) is 0 Å². The largest absolute Gasteiger partial charge is 0.379 e. The van der Waals surface area contributed by atoms with Crippen LogP contribution in [-0.4, -0.2) is 64.4 Å². The zero-order chi connectivity index (χ0) is 17.6. The van der Waals surface area contributed by atoms with Crippen molar-refractivity contribution in [2.45, 2.75) is 25.3 Å². The molecule has 25 heavy (non-hydrogen) atoms. The molecule has 2 saturated heterocycles. The van der Waals surface area contributed by atoms with Crippen LogP contribution in [-0.2, 0) is 11.8 Å². The van der Waals surface area contributed by atoms with Gasteiger partial charge in [0.1, 0.15) is 10.7 Å². The van der Waals surface area contributed by atoms with Crippen LogP contribution >= 0.6 is 23.2 Å². The molecule has 4 rings (SSSR count). The molecule has 2 aliphatic heterocycles. The van der Waals surface area contributed by atoms with Crippen LogP contribution in [0, 0.1) is 0 Å². The highest BCUT2D eigenvalue weighted by Gasteiger charge is 2.37. The maximum absolute atomic E-state index is 6.22. The summed E-state index contributed by atoms with van der Waals surface area (Å²) < 4.78 is 7.56. The Morgan fingerprint density at radius 1 is 1.08 bits per heavy atom. The van der Waals surface area contributed by atoms with Crippen LogP contribution in [0.2, 0.25) is 10.3 Å². The molecule has 2 fully saturated rings. The Bertz CT molecular complexity index is 779. The second-order valence-corrected chi connectivity index (χ2v) is 7.90. The van der Waals surface area contributed by atoms with Crippen LogP contribution in [0.25, 0.3) is 11.0 Å². The number of imidazole rings is 1. The molecule has 0 N–H and O–H groups in total. The molecule has 8 heteroatoms. The number of halogens is 2. The number of rotatable bonds is 2. The summed E-state index contributed by atoms with van der Waals surface area (Å²) in [6, 6.07) is 1.82. The first-order valence-corrected chi connectivity index (χ1v) is 9.50. The lowest BCUT2D eigenvalue weighted by molar-refractivity contribution is -0.0249. The van der Waals surface area contributed by atoms with Gasteiger partial charge in [-0.3, -0.25) is 4.90 Å². The molecule has 6 nitrogen and oxygen atoms in total. The summed E-state index contributed by atoms with van der Waals surface area (Å²) >= 11 is 12.3. The third kappa shape index (κ3) is 3.10. The lowest BCUT2D eigenvalue weighted by Gasteiger charge is -2.48. The Hall–Kier alpha value is -1.08. The minimum atomic E-state index is 0.243. The van der Waals surface area contributed by atoms with Crippen LogP contribution in [0.1, 0.15) is 19.8 Å². The molecule has 0 aliphatic carbocycles. The third-order valence-electron chi connectivity index (χ3n) is 5.67. The predicted octanol–water partition coefficient (Wildman–Crippen LogP) is 2.97. The fraction of sp³-hybridized carbons (Fsp3) is 0.647. The molecule has 0 bridgehead atoms. The lowest BCUT2D eigenvalue weighted by atomic mass is 9.87. The Morgan fingerprint density at radius 3 is 2.44 bits per heavy atom. The van der Waals surface area contributed by atoms with Crippen molar-refractivity contribution < 1.29 is 4.74 Å². The van der Waals surface area contributed by atoms with Gasteiger partial charge in [0.05, 0.1) is 18.7 Å². The van der Waals surface area contributed by atoms with E-state index in [-0.39, 0.29) is 5.54 Å². The average Bonchev–Trinajstić information content (AvgIpc) is 2.94. The molecule has 0 spiro atoms. The number of nitrogens with zero attached hydrogens (tertiary/aromatic N) is 5. The van der Waals surface area contributed by atoms with E-state index in [1.54, 1.807) is 0 Å². The van der Waals surface area contributed by atoms with E-state index in [1.165, 1.54) is 0 Å². The molecule has 2 aromatic rings. The van der Waals surface area contributed by atoms with Crippen LogP contribution < -0.4 is 4.90 Å². The summed E-state index contributed by atoms with van der Waals surface area (Å²) in [7, 11) is 2.01. The number of pyridine rings is 1. The Kier molecular flexibility index (Phi) is 4.56. The minimum Gasteiger partial charge on any atom is -0.379 e. The first-order valence-electron chi connectivity index (χ1n) is 8.74. The van der Waals surface area contributed by atoms with Gasteiger partial charge in [0, 0.05) is 44.8 Å². The minimum absolute atomic E-state index is 0.243.